The van der Waals surface area contributed by atoms with Gasteiger partial charge in [-0.2, -0.15) is 0 Å². The minimum absolute atomic E-state index is 0.0142. The summed E-state index contributed by atoms with van der Waals surface area (Å²) in [5, 5.41) is 11.7. The summed E-state index contributed by atoms with van der Waals surface area (Å²) >= 11 is 0. The van der Waals surface area contributed by atoms with Gasteiger partial charge in [0.1, 0.15) is 5.82 Å². The number of aliphatic carboxylic acids is 1. The molecule has 3 rings (SSSR count). The molecule has 2 heterocycles. The average molecular weight is 377 g/mol. The fourth-order valence-electron chi connectivity index (χ4n) is 2.78. The predicted molar refractivity (Wildman–Crippen MR) is 91.6 cm³/mol. The summed E-state index contributed by atoms with van der Waals surface area (Å²) in [6.45, 7) is 0.598. The van der Waals surface area contributed by atoms with Gasteiger partial charge in [-0.25, -0.2) is 18.6 Å². The Hall–Kier alpha value is -3.23. The third-order valence-corrected chi connectivity index (χ3v) is 4.15. The Kier molecular flexibility index (Phi) is 5.49. The molecule has 1 aromatic heterocycles. The molecule has 142 valence electrons. The van der Waals surface area contributed by atoms with E-state index >= 15 is 0 Å². The van der Waals surface area contributed by atoms with Gasteiger partial charge in [0.15, 0.2) is 11.6 Å². The van der Waals surface area contributed by atoms with Crippen LogP contribution in [0.2, 0.25) is 0 Å². The third kappa shape index (κ3) is 4.69. The van der Waals surface area contributed by atoms with E-state index in [0.29, 0.717) is 31.1 Å². The number of urea groups is 1. The number of amides is 2. The molecule has 1 atom stereocenters. The Labute approximate surface area is 153 Å². The molecule has 1 fully saturated rings. The summed E-state index contributed by atoms with van der Waals surface area (Å²) in [7, 11) is 0. The Morgan fingerprint density at radius 2 is 2.07 bits per heavy atom. The first-order chi connectivity index (χ1) is 12.9. The third-order valence-electron chi connectivity index (χ3n) is 4.15. The van der Waals surface area contributed by atoms with Crippen molar-refractivity contribution in [3.05, 3.63) is 48.2 Å². The molecular formula is C18H17F2N3O4. The number of halogens is 2. The summed E-state index contributed by atoms with van der Waals surface area (Å²) in [5.74, 6) is -3.29. The number of rotatable bonds is 4. The van der Waals surface area contributed by atoms with Crippen LogP contribution < -0.4 is 10.1 Å². The molecule has 27 heavy (non-hydrogen) atoms. The molecule has 0 saturated carbocycles. The molecule has 1 aliphatic heterocycles. The van der Waals surface area contributed by atoms with Gasteiger partial charge in [0.25, 0.3) is 0 Å². The van der Waals surface area contributed by atoms with Crippen LogP contribution in [0.15, 0.2) is 36.5 Å². The number of likely N-dealkylation sites (tertiary alicyclic amines) is 1. The number of ether oxygens (including phenoxy) is 1. The number of carboxylic acid groups (broad SMARTS) is 1. The molecule has 0 spiro atoms. The lowest BCUT2D eigenvalue weighted by molar-refractivity contribution is -0.143. The van der Waals surface area contributed by atoms with Crippen LogP contribution in [0.3, 0.4) is 0 Å². The molecule has 0 bridgehead atoms. The maximum Gasteiger partial charge on any atom is 0.321 e. The van der Waals surface area contributed by atoms with Gasteiger partial charge in [-0.05, 0) is 31.0 Å². The number of pyridine rings is 1. The molecule has 9 heteroatoms. The topological polar surface area (TPSA) is 91.8 Å². The zero-order chi connectivity index (χ0) is 19.4. The van der Waals surface area contributed by atoms with Gasteiger partial charge < -0.3 is 20.1 Å². The van der Waals surface area contributed by atoms with Gasteiger partial charge in [0.05, 0.1) is 5.92 Å². The molecular weight excluding hydrogens is 360 g/mol. The standard InChI is InChI=1S/C18H17F2N3O4/c19-12-3-4-15(14(20)8-12)27-16-9-13(5-6-21-16)22-18(26)23-7-1-2-11(10-23)17(24)25/h3-6,8-9,11H,1-2,7,10H2,(H,24,25)(H,21,22,26). The van der Waals surface area contributed by atoms with E-state index in [9.17, 15) is 18.4 Å². The minimum Gasteiger partial charge on any atom is -0.481 e. The van der Waals surface area contributed by atoms with Crippen molar-refractivity contribution in [3.63, 3.8) is 0 Å². The highest BCUT2D eigenvalue weighted by Crippen LogP contribution is 2.25. The summed E-state index contributed by atoms with van der Waals surface area (Å²) in [5.41, 5.74) is 0.352. The summed E-state index contributed by atoms with van der Waals surface area (Å²) in [4.78, 5) is 28.8. The van der Waals surface area contributed by atoms with Crippen molar-refractivity contribution < 1.29 is 28.2 Å². The van der Waals surface area contributed by atoms with Crippen molar-refractivity contribution in [2.45, 2.75) is 12.8 Å². The SMILES string of the molecule is O=C(O)C1CCCN(C(=O)Nc2ccnc(Oc3ccc(F)cc3F)c2)C1. The van der Waals surface area contributed by atoms with Gasteiger partial charge in [-0.3, -0.25) is 4.79 Å². The predicted octanol–water partition coefficient (Wildman–Crippen LogP) is 3.48. The van der Waals surface area contributed by atoms with Crippen LogP contribution in [0, 0.1) is 17.6 Å². The van der Waals surface area contributed by atoms with Crippen molar-refractivity contribution in [1.29, 1.82) is 0 Å². The number of nitrogens with one attached hydrogen (secondary N) is 1. The first-order valence-electron chi connectivity index (χ1n) is 8.30. The first-order valence-corrected chi connectivity index (χ1v) is 8.30. The van der Waals surface area contributed by atoms with Crippen LogP contribution in [0.5, 0.6) is 11.6 Å². The van der Waals surface area contributed by atoms with E-state index < -0.39 is 29.6 Å². The first kappa shape index (κ1) is 18.6. The average Bonchev–Trinajstić information content (AvgIpc) is 2.64. The molecule has 2 N–H and O–H groups in total. The van der Waals surface area contributed by atoms with Crippen LogP contribution in [0.25, 0.3) is 0 Å². The highest BCUT2D eigenvalue weighted by Gasteiger charge is 2.28. The zero-order valence-corrected chi connectivity index (χ0v) is 14.2. The molecule has 1 saturated heterocycles. The lowest BCUT2D eigenvalue weighted by atomic mass is 9.99. The Morgan fingerprint density at radius 1 is 1.26 bits per heavy atom. The van der Waals surface area contributed by atoms with E-state index in [4.69, 9.17) is 9.84 Å². The van der Waals surface area contributed by atoms with Gasteiger partial charge >= 0.3 is 12.0 Å². The maximum absolute atomic E-state index is 13.7. The number of hydrogen-bond acceptors (Lipinski definition) is 4. The summed E-state index contributed by atoms with van der Waals surface area (Å²) < 4.78 is 31.9. The van der Waals surface area contributed by atoms with Crippen LogP contribution in [0.4, 0.5) is 19.3 Å². The lowest BCUT2D eigenvalue weighted by Crippen LogP contribution is -2.44. The highest BCUT2D eigenvalue weighted by atomic mass is 19.1. The van der Waals surface area contributed by atoms with Crippen LogP contribution in [-0.2, 0) is 4.79 Å². The zero-order valence-electron chi connectivity index (χ0n) is 14.2. The van der Waals surface area contributed by atoms with E-state index in [-0.39, 0.29) is 18.2 Å². The number of piperidine rings is 1. The largest absolute Gasteiger partial charge is 0.481 e. The minimum atomic E-state index is -0.923. The molecule has 1 aromatic carbocycles. The second kappa shape index (κ2) is 7.98. The number of anilines is 1. The van der Waals surface area contributed by atoms with Crippen molar-refractivity contribution >= 4 is 17.7 Å². The smallest absolute Gasteiger partial charge is 0.321 e. The maximum atomic E-state index is 13.7. The van der Waals surface area contributed by atoms with E-state index in [1.807, 2.05) is 0 Å². The highest BCUT2D eigenvalue weighted by molar-refractivity contribution is 5.89. The second-order valence-electron chi connectivity index (χ2n) is 6.11. The Morgan fingerprint density at radius 3 is 2.81 bits per heavy atom. The number of hydrogen-bond donors (Lipinski definition) is 2. The Bertz CT molecular complexity index is 862. The summed E-state index contributed by atoms with van der Waals surface area (Å²) in [6, 6.07) is 5.35. The van der Waals surface area contributed by atoms with Crippen molar-refractivity contribution in [1.82, 2.24) is 9.88 Å². The quantitative estimate of drug-likeness (QED) is 0.851. The Balaban J connectivity index is 1.66. The number of benzene rings is 1. The number of nitrogens with zero attached hydrogens (tertiary/aromatic N) is 2. The molecule has 2 aromatic rings. The van der Waals surface area contributed by atoms with Gasteiger partial charge in [0.2, 0.25) is 5.88 Å². The lowest BCUT2D eigenvalue weighted by Gasteiger charge is -2.30. The van der Waals surface area contributed by atoms with Gasteiger partial charge in [-0.1, -0.05) is 0 Å². The summed E-state index contributed by atoms with van der Waals surface area (Å²) in [6.07, 6.45) is 2.51. The van der Waals surface area contributed by atoms with E-state index in [2.05, 4.69) is 10.3 Å². The van der Waals surface area contributed by atoms with Gasteiger partial charge in [0, 0.05) is 37.1 Å². The van der Waals surface area contributed by atoms with Crippen LogP contribution in [-0.4, -0.2) is 40.1 Å². The fraction of sp³-hybridized carbons (Fsp3) is 0.278. The molecule has 0 radical (unpaired) electrons. The van der Waals surface area contributed by atoms with E-state index in [1.165, 1.54) is 23.2 Å². The van der Waals surface area contributed by atoms with E-state index in [0.717, 1.165) is 12.1 Å². The monoisotopic (exact) mass is 377 g/mol. The number of carbonyl (C=O) groups is 2. The van der Waals surface area contributed by atoms with Crippen molar-refractivity contribution in [2.24, 2.45) is 5.92 Å². The van der Waals surface area contributed by atoms with Crippen molar-refractivity contribution in [2.75, 3.05) is 18.4 Å². The molecule has 7 nitrogen and oxygen atoms in total. The molecule has 2 amide bonds. The fourth-order valence-corrected chi connectivity index (χ4v) is 2.78. The molecule has 0 aliphatic carbocycles. The van der Waals surface area contributed by atoms with Crippen LogP contribution in [0.1, 0.15) is 12.8 Å². The van der Waals surface area contributed by atoms with E-state index in [1.54, 1.807) is 0 Å². The number of carbonyl (C=O) groups excluding carboxylic acids is 1. The van der Waals surface area contributed by atoms with Crippen LogP contribution >= 0.6 is 0 Å². The number of carboxylic acids is 1. The van der Waals surface area contributed by atoms with Crippen molar-refractivity contribution in [3.8, 4) is 11.6 Å². The number of aromatic nitrogens is 1. The molecule has 1 unspecified atom stereocenters. The van der Waals surface area contributed by atoms with Gasteiger partial charge in [-0.15, -0.1) is 0 Å². The molecule has 1 aliphatic rings. The second-order valence-corrected chi connectivity index (χ2v) is 6.11. The normalized spacial score (nSPS) is 16.7.